The second kappa shape index (κ2) is 7.47. The minimum absolute atomic E-state index is 0.0825. The molecule has 3 rings (SSSR count). The highest BCUT2D eigenvalue weighted by Crippen LogP contribution is 2.26. The molecule has 0 aliphatic carbocycles. The predicted molar refractivity (Wildman–Crippen MR) is 92.4 cm³/mol. The molecular formula is C20H20FNO3. The van der Waals surface area contributed by atoms with Crippen molar-refractivity contribution in [2.45, 2.75) is 12.8 Å². The molecule has 0 bridgehead atoms. The van der Waals surface area contributed by atoms with Gasteiger partial charge in [0.2, 0.25) is 0 Å². The number of rotatable bonds is 4. The number of piperidine rings is 1. The van der Waals surface area contributed by atoms with E-state index in [9.17, 15) is 14.0 Å². The molecule has 0 unspecified atom stereocenters. The number of hydrogen-bond donors (Lipinski definition) is 0. The molecule has 1 fully saturated rings. The van der Waals surface area contributed by atoms with Crippen LogP contribution in [0.3, 0.4) is 0 Å². The number of carbonyl (C=O) groups excluding carboxylic acids is 2. The van der Waals surface area contributed by atoms with Crippen LogP contribution in [-0.2, 0) is 0 Å². The first-order chi connectivity index (χ1) is 12.1. The number of likely N-dealkylation sites (tertiary alicyclic amines) is 1. The molecule has 2 aromatic carbocycles. The van der Waals surface area contributed by atoms with Crippen molar-refractivity contribution in [3.8, 4) is 5.75 Å². The third-order valence-corrected chi connectivity index (χ3v) is 4.60. The van der Waals surface area contributed by atoms with Crippen molar-refractivity contribution in [2.24, 2.45) is 5.92 Å². The van der Waals surface area contributed by atoms with E-state index in [1.54, 1.807) is 4.90 Å². The number of Topliss-reactive ketones (excluding diaryl/α,β-unsaturated/α-hetero) is 1. The van der Waals surface area contributed by atoms with E-state index in [1.807, 2.05) is 30.3 Å². The monoisotopic (exact) mass is 341 g/mol. The number of benzene rings is 2. The van der Waals surface area contributed by atoms with Crippen LogP contribution in [-0.4, -0.2) is 36.8 Å². The molecule has 5 heteroatoms. The number of halogens is 1. The number of ether oxygens (including phenoxy) is 1. The number of methoxy groups -OCH3 is 1. The molecule has 1 amide bonds. The standard InChI is InChI=1S/C20H20FNO3/c1-25-18-8-7-16(21)13-17(18)20(24)22-11-9-15(10-12-22)19(23)14-5-3-2-4-6-14/h2-8,13,15H,9-12H2,1H3. The third-order valence-electron chi connectivity index (χ3n) is 4.60. The normalized spacial score (nSPS) is 15.0. The Kier molecular flexibility index (Phi) is 5.12. The van der Waals surface area contributed by atoms with Crippen LogP contribution < -0.4 is 4.74 Å². The Morgan fingerprint density at radius 1 is 1.08 bits per heavy atom. The fourth-order valence-corrected chi connectivity index (χ4v) is 3.20. The van der Waals surface area contributed by atoms with Crippen LogP contribution in [0.15, 0.2) is 48.5 Å². The van der Waals surface area contributed by atoms with Gasteiger partial charge in [-0.1, -0.05) is 30.3 Å². The van der Waals surface area contributed by atoms with E-state index in [0.717, 1.165) is 0 Å². The largest absolute Gasteiger partial charge is 0.496 e. The van der Waals surface area contributed by atoms with Crippen LogP contribution >= 0.6 is 0 Å². The number of carbonyl (C=O) groups is 2. The smallest absolute Gasteiger partial charge is 0.257 e. The van der Waals surface area contributed by atoms with Crippen molar-refractivity contribution < 1.29 is 18.7 Å². The van der Waals surface area contributed by atoms with Gasteiger partial charge in [0.25, 0.3) is 5.91 Å². The number of hydrogen-bond acceptors (Lipinski definition) is 3. The maximum Gasteiger partial charge on any atom is 0.257 e. The zero-order chi connectivity index (χ0) is 17.8. The molecule has 0 radical (unpaired) electrons. The summed E-state index contributed by atoms with van der Waals surface area (Å²) in [6.07, 6.45) is 1.22. The van der Waals surface area contributed by atoms with Crippen LogP contribution in [0, 0.1) is 11.7 Å². The van der Waals surface area contributed by atoms with Gasteiger partial charge >= 0.3 is 0 Å². The molecule has 4 nitrogen and oxygen atoms in total. The van der Waals surface area contributed by atoms with E-state index in [0.29, 0.717) is 37.2 Å². The summed E-state index contributed by atoms with van der Waals surface area (Å²) in [5, 5.41) is 0. The Morgan fingerprint density at radius 2 is 1.76 bits per heavy atom. The van der Waals surface area contributed by atoms with Gasteiger partial charge in [0.1, 0.15) is 11.6 Å². The molecule has 1 saturated heterocycles. The lowest BCUT2D eigenvalue weighted by Gasteiger charge is -2.31. The quantitative estimate of drug-likeness (QED) is 0.799. The third kappa shape index (κ3) is 3.71. The summed E-state index contributed by atoms with van der Waals surface area (Å²) in [7, 11) is 1.45. The Bertz CT molecular complexity index is 768. The highest BCUT2D eigenvalue weighted by molar-refractivity contribution is 5.99. The lowest BCUT2D eigenvalue weighted by Crippen LogP contribution is -2.40. The first-order valence-electron chi connectivity index (χ1n) is 8.32. The van der Waals surface area contributed by atoms with Crippen molar-refractivity contribution in [2.75, 3.05) is 20.2 Å². The molecule has 0 atom stereocenters. The van der Waals surface area contributed by atoms with E-state index in [4.69, 9.17) is 4.74 Å². The Labute approximate surface area is 146 Å². The topological polar surface area (TPSA) is 46.6 Å². The highest BCUT2D eigenvalue weighted by atomic mass is 19.1. The SMILES string of the molecule is COc1ccc(F)cc1C(=O)N1CCC(C(=O)c2ccccc2)CC1. The van der Waals surface area contributed by atoms with Crippen molar-refractivity contribution in [3.63, 3.8) is 0 Å². The van der Waals surface area contributed by atoms with Crippen molar-refractivity contribution in [1.82, 2.24) is 4.90 Å². The maximum atomic E-state index is 13.5. The van der Waals surface area contributed by atoms with Crippen LogP contribution in [0.25, 0.3) is 0 Å². The Balaban J connectivity index is 1.67. The minimum atomic E-state index is -0.474. The summed E-state index contributed by atoms with van der Waals surface area (Å²) < 4.78 is 18.7. The Hall–Kier alpha value is -2.69. The average Bonchev–Trinajstić information content (AvgIpc) is 2.67. The minimum Gasteiger partial charge on any atom is -0.496 e. The van der Waals surface area contributed by atoms with Crippen LogP contribution in [0.1, 0.15) is 33.6 Å². The summed E-state index contributed by atoms with van der Waals surface area (Å²) in [5.41, 5.74) is 0.925. The molecule has 0 saturated carbocycles. The van der Waals surface area contributed by atoms with Crippen LogP contribution in [0.2, 0.25) is 0 Å². The van der Waals surface area contributed by atoms with Crippen LogP contribution in [0.4, 0.5) is 4.39 Å². The van der Waals surface area contributed by atoms with Crippen molar-refractivity contribution in [3.05, 3.63) is 65.5 Å². The summed E-state index contributed by atoms with van der Waals surface area (Å²) in [6.45, 7) is 0.948. The number of amides is 1. The number of nitrogens with zero attached hydrogens (tertiary/aromatic N) is 1. The lowest BCUT2D eigenvalue weighted by molar-refractivity contribution is 0.0647. The molecule has 25 heavy (non-hydrogen) atoms. The Morgan fingerprint density at radius 3 is 2.40 bits per heavy atom. The molecule has 1 aliphatic heterocycles. The van der Waals surface area contributed by atoms with E-state index in [2.05, 4.69) is 0 Å². The summed E-state index contributed by atoms with van der Waals surface area (Å²) >= 11 is 0. The van der Waals surface area contributed by atoms with E-state index in [1.165, 1.54) is 25.3 Å². The molecular weight excluding hydrogens is 321 g/mol. The molecule has 0 N–H and O–H groups in total. The van der Waals surface area contributed by atoms with E-state index < -0.39 is 5.82 Å². The van der Waals surface area contributed by atoms with E-state index >= 15 is 0 Å². The fourth-order valence-electron chi connectivity index (χ4n) is 3.20. The second-order valence-electron chi connectivity index (χ2n) is 6.14. The fraction of sp³-hybridized carbons (Fsp3) is 0.300. The van der Waals surface area contributed by atoms with Gasteiger partial charge in [0.15, 0.2) is 5.78 Å². The zero-order valence-corrected chi connectivity index (χ0v) is 14.1. The second-order valence-corrected chi connectivity index (χ2v) is 6.14. The van der Waals surface area contributed by atoms with Gasteiger partial charge in [-0.15, -0.1) is 0 Å². The van der Waals surface area contributed by atoms with E-state index in [-0.39, 0.29) is 23.2 Å². The molecule has 1 heterocycles. The van der Waals surface area contributed by atoms with Gasteiger partial charge in [0.05, 0.1) is 12.7 Å². The van der Waals surface area contributed by atoms with Gasteiger partial charge < -0.3 is 9.64 Å². The molecule has 2 aromatic rings. The van der Waals surface area contributed by atoms with Crippen molar-refractivity contribution >= 4 is 11.7 Å². The van der Waals surface area contributed by atoms with Gasteiger partial charge in [-0.05, 0) is 31.0 Å². The predicted octanol–water partition coefficient (Wildman–Crippen LogP) is 3.57. The summed E-state index contributed by atoms with van der Waals surface area (Å²) in [4.78, 5) is 26.8. The molecule has 1 aliphatic rings. The zero-order valence-electron chi connectivity index (χ0n) is 14.1. The van der Waals surface area contributed by atoms with Crippen molar-refractivity contribution in [1.29, 1.82) is 0 Å². The first-order valence-corrected chi connectivity index (χ1v) is 8.32. The highest BCUT2D eigenvalue weighted by Gasteiger charge is 2.29. The van der Waals surface area contributed by atoms with Gasteiger partial charge in [-0.3, -0.25) is 9.59 Å². The maximum absolute atomic E-state index is 13.5. The molecule has 130 valence electrons. The van der Waals surface area contributed by atoms with Gasteiger partial charge in [0, 0.05) is 24.6 Å². The average molecular weight is 341 g/mol. The van der Waals surface area contributed by atoms with Gasteiger partial charge in [-0.25, -0.2) is 4.39 Å². The summed E-state index contributed by atoms with van der Waals surface area (Å²) in [5.74, 6) is -0.342. The lowest BCUT2D eigenvalue weighted by atomic mass is 9.88. The summed E-state index contributed by atoms with van der Waals surface area (Å²) in [6, 6.07) is 13.1. The van der Waals surface area contributed by atoms with Gasteiger partial charge in [-0.2, -0.15) is 0 Å². The molecule has 0 aromatic heterocycles. The van der Waals surface area contributed by atoms with Crippen LogP contribution in [0.5, 0.6) is 5.75 Å². The number of ketones is 1. The molecule has 0 spiro atoms. The first kappa shape index (κ1) is 17.1.